The molecule has 1 aliphatic rings. The second-order valence-electron chi connectivity index (χ2n) is 5.74. The molecule has 0 spiro atoms. The molecule has 100 valence electrons. The Morgan fingerprint density at radius 2 is 2.11 bits per heavy atom. The Hall–Kier alpha value is -1.45. The summed E-state index contributed by atoms with van der Waals surface area (Å²) in [5.74, 6) is 0. The predicted molar refractivity (Wildman–Crippen MR) is 76.9 cm³/mol. The Bertz CT molecular complexity index is 590. The number of hydrogen-bond acceptors (Lipinski definition) is 3. The van der Waals surface area contributed by atoms with Gasteiger partial charge in [-0.05, 0) is 43.5 Å². The maximum atomic E-state index is 9.27. The standard InChI is InChI=1S/C16H20N2O/c1-12-2-4-14-8-13(3-5-15(14)18-12)9-17-10-16(11-19)6-7-16/h2-5,8,17,19H,6-7,9-11H2,1H3. The lowest BCUT2D eigenvalue weighted by Gasteiger charge is -2.13. The molecule has 0 aliphatic heterocycles. The molecule has 0 amide bonds. The van der Waals surface area contributed by atoms with Crippen LogP contribution in [-0.4, -0.2) is 23.2 Å². The van der Waals surface area contributed by atoms with Crippen LogP contribution in [0, 0.1) is 12.3 Å². The van der Waals surface area contributed by atoms with Crippen molar-refractivity contribution < 1.29 is 5.11 Å². The number of benzene rings is 1. The average Bonchev–Trinajstić information content (AvgIpc) is 3.19. The summed E-state index contributed by atoms with van der Waals surface area (Å²) in [4.78, 5) is 4.51. The van der Waals surface area contributed by atoms with Gasteiger partial charge >= 0.3 is 0 Å². The molecule has 3 heteroatoms. The van der Waals surface area contributed by atoms with Crippen molar-refractivity contribution in [2.75, 3.05) is 13.2 Å². The van der Waals surface area contributed by atoms with Gasteiger partial charge in [-0.25, -0.2) is 0 Å². The fraction of sp³-hybridized carbons (Fsp3) is 0.438. The molecule has 1 fully saturated rings. The molecular weight excluding hydrogens is 236 g/mol. The minimum atomic E-state index is 0.176. The summed E-state index contributed by atoms with van der Waals surface area (Å²) in [5, 5.41) is 13.9. The quantitative estimate of drug-likeness (QED) is 0.863. The molecule has 0 bridgehead atoms. The SMILES string of the molecule is Cc1ccc2cc(CNCC3(CO)CC3)ccc2n1. The van der Waals surface area contributed by atoms with E-state index in [1.807, 2.05) is 13.0 Å². The van der Waals surface area contributed by atoms with Crippen LogP contribution in [-0.2, 0) is 6.54 Å². The Morgan fingerprint density at radius 1 is 1.26 bits per heavy atom. The first-order valence-corrected chi connectivity index (χ1v) is 6.89. The van der Waals surface area contributed by atoms with E-state index in [0.717, 1.165) is 37.1 Å². The van der Waals surface area contributed by atoms with Crippen LogP contribution in [0.15, 0.2) is 30.3 Å². The highest BCUT2D eigenvalue weighted by Crippen LogP contribution is 2.44. The smallest absolute Gasteiger partial charge is 0.0705 e. The van der Waals surface area contributed by atoms with Crippen LogP contribution >= 0.6 is 0 Å². The summed E-state index contributed by atoms with van der Waals surface area (Å²) in [7, 11) is 0. The highest BCUT2D eigenvalue weighted by atomic mass is 16.3. The molecule has 1 aliphatic carbocycles. The van der Waals surface area contributed by atoms with E-state index in [4.69, 9.17) is 0 Å². The van der Waals surface area contributed by atoms with E-state index in [1.165, 1.54) is 10.9 Å². The maximum Gasteiger partial charge on any atom is 0.0705 e. The number of aliphatic hydroxyl groups excluding tert-OH is 1. The van der Waals surface area contributed by atoms with Crippen LogP contribution in [0.3, 0.4) is 0 Å². The van der Waals surface area contributed by atoms with Gasteiger partial charge in [-0.15, -0.1) is 0 Å². The van der Waals surface area contributed by atoms with Gasteiger partial charge in [0.2, 0.25) is 0 Å². The molecule has 2 N–H and O–H groups in total. The minimum Gasteiger partial charge on any atom is -0.396 e. The average molecular weight is 256 g/mol. The van der Waals surface area contributed by atoms with Crippen LogP contribution in [0.4, 0.5) is 0 Å². The lowest BCUT2D eigenvalue weighted by Crippen LogP contribution is -2.26. The Labute approximate surface area is 113 Å². The van der Waals surface area contributed by atoms with Gasteiger partial charge in [-0.2, -0.15) is 0 Å². The van der Waals surface area contributed by atoms with Gasteiger partial charge < -0.3 is 10.4 Å². The summed E-state index contributed by atoms with van der Waals surface area (Å²) in [6, 6.07) is 10.6. The minimum absolute atomic E-state index is 0.176. The molecule has 19 heavy (non-hydrogen) atoms. The van der Waals surface area contributed by atoms with Crippen LogP contribution in [0.1, 0.15) is 24.1 Å². The largest absolute Gasteiger partial charge is 0.396 e. The third-order valence-electron chi connectivity index (χ3n) is 4.01. The number of hydrogen-bond donors (Lipinski definition) is 2. The lowest BCUT2D eigenvalue weighted by atomic mass is 10.1. The van der Waals surface area contributed by atoms with E-state index >= 15 is 0 Å². The zero-order valence-electron chi connectivity index (χ0n) is 11.3. The topological polar surface area (TPSA) is 45.1 Å². The Morgan fingerprint density at radius 3 is 2.84 bits per heavy atom. The summed E-state index contributed by atoms with van der Waals surface area (Å²) in [6.07, 6.45) is 2.30. The first-order chi connectivity index (χ1) is 9.21. The number of rotatable bonds is 5. The first kappa shape index (κ1) is 12.6. The fourth-order valence-corrected chi connectivity index (χ4v) is 2.43. The third kappa shape index (κ3) is 2.77. The second kappa shape index (κ2) is 4.91. The molecule has 1 aromatic heterocycles. The molecule has 2 aromatic rings. The van der Waals surface area contributed by atoms with Crippen LogP contribution in [0.25, 0.3) is 10.9 Å². The summed E-state index contributed by atoms with van der Waals surface area (Å²) >= 11 is 0. The van der Waals surface area contributed by atoms with E-state index in [9.17, 15) is 5.11 Å². The van der Waals surface area contributed by atoms with E-state index in [2.05, 4.69) is 34.6 Å². The molecule has 3 nitrogen and oxygen atoms in total. The number of aryl methyl sites for hydroxylation is 1. The van der Waals surface area contributed by atoms with Crippen LogP contribution < -0.4 is 5.32 Å². The zero-order valence-corrected chi connectivity index (χ0v) is 11.3. The van der Waals surface area contributed by atoms with Crippen molar-refractivity contribution in [1.29, 1.82) is 0 Å². The highest BCUT2D eigenvalue weighted by Gasteiger charge is 2.41. The highest BCUT2D eigenvalue weighted by molar-refractivity contribution is 5.79. The van der Waals surface area contributed by atoms with Gasteiger partial charge in [0.15, 0.2) is 0 Å². The zero-order chi connectivity index (χ0) is 13.3. The number of nitrogens with one attached hydrogen (secondary N) is 1. The predicted octanol–water partition coefficient (Wildman–Crippen LogP) is 2.41. The van der Waals surface area contributed by atoms with Crippen molar-refractivity contribution in [2.45, 2.75) is 26.3 Å². The van der Waals surface area contributed by atoms with Gasteiger partial charge in [-0.3, -0.25) is 4.98 Å². The third-order valence-corrected chi connectivity index (χ3v) is 4.01. The van der Waals surface area contributed by atoms with Gasteiger partial charge in [0.25, 0.3) is 0 Å². The number of fused-ring (bicyclic) bond motifs is 1. The van der Waals surface area contributed by atoms with Crippen LogP contribution in [0.5, 0.6) is 0 Å². The normalized spacial score (nSPS) is 16.7. The van der Waals surface area contributed by atoms with Crippen molar-refractivity contribution in [1.82, 2.24) is 10.3 Å². The van der Waals surface area contributed by atoms with E-state index in [-0.39, 0.29) is 5.41 Å². The van der Waals surface area contributed by atoms with Gasteiger partial charge in [-0.1, -0.05) is 12.1 Å². The second-order valence-corrected chi connectivity index (χ2v) is 5.74. The molecule has 0 saturated heterocycles. The fourth-order valence-electron chi connectivity index (χ4n) is 2.43. The van der Waals surface area contributed by atoms with Crippen molar-refractivity contribution in [3.63, 3.8) is 0 Å². The van der Waals surface area contributed by atoms with Crippen molar-refractivity contribution in [2.24, 2.45) is 5.41 Å². The number of nitrogens with zero attached hydrogens (tertiary/aromatic N) is 1. The van der Waals surface area contributed by atoms with Crippen LogP contribution in [0.2, 0.25) is 0 Å². The van der Waals surface area contributed by atoms with Crippen molar-refractivity contribution in [3.8, 4) is 0 Å². The summed E-state index contributed by atoms with van der Waals surface area (Å²) < 4.78 is 0. The molecule has 0 radical (unpaired) electrons. The molecular formula is C16H20N2O. The number of aliphatic hydroxyl groups is 1. The van der Waals surface area contributed by atoms with Gasteiger partial charge in [0.05, 0.1) is 5.52 Å². The number of pyridine rings is 1. The monoisotopic (exact) mass is 256 g/mol. The number of aromatic nitrogens is 1. The maximum absolute atomic E-state index is 9.27. The molecule has 1 aromatic carbocycles. The first-order valence-electron chi connectivity index (χ1n) is 6.89. The molecule has 0 atom stereocenters. The summed E-state index contributed by atoms with van der Waals surface area (Å²) in [6.45, 7) is 4.08. The molecule has 1 heterocycles. The van der Waals surface area contributed by atoms with E-state index < -0.39 is 0 Å². The van der Waals surface area contributed by atoms with Gasteiger partial charge in [0, 0.05) is 36.2 Å². The summed E-state index contributed by atoms with van der Waals surface area (Å²) in [5.41, 5.74) is 3.55. The molecule has 3 rings (SSSR count). The molecule has 0 unspecified atom stereocenters. The molecule has 1 saturated carbocycles. The van der Waals surface area contributed by atoms with E-state index in [1.54, 1.807) is 0 Å². The van der Waals surface area contributed by atoms with E-state index in [0.29, 0.717) is 6.61 Å². The Kier molecular flexibility index (Phi) is 3.25. The van der Waals surface area contributed by atoms with Crippen molar-refractivity contribution in [3.05, 3.63) is 41.6 Å². The van der Waals surface area contributed by atoms with Gasteiger partial charge in [0.1, 0.15) is 0 Å². The Balaban J connectivity index is 1.66. The van der Waals surface area contributed by atoms with Crippen molar-refractivity contribution >= 4 is 10.9 Å². The lowest BCUT2D eigenvalue weighted by molar-refractivity contribution is 0.207.